The first-order chi connectivity index (χ1) is 7.14. The lowest BCUT2D eigenvalue weighted by Crippen LogP contribution is -2.11. The molecule has 0 N–H and O–H groups in total. The molecule has 1 aromatic rings. The van der Waals surface area contributed by atoms with E-state index in [0.29, 0.717) is 12.1 Å². The monoisotopic (exact) mass is 270 g/mol. The summed E-state index contributed by atoms with van der Waals surface area (Å²) in [6.07, 6.45) is -4.84. The average Bonchev–Trinajstić information content (AvgIpc) is 2.14. The van der Waals surface area contributed by atoms with Crippen LogP contribution in [0, 0.1) is 11.3 Å². The zero-order valence-corrected chi connectivity index (χ0v) is 8.86. The van der Waals surface area contributed by atoms with E-state index in [1.807, 2.05) is 0 Å². The summed E-state index contributed by atoms with van der Waals surface area (Å²) in [7, 11) is 0.434. The Morgan fingerprint density at radius 1 is 1.38 bits per heavy atom. The van der Waals surface area contributed by atoms with E-state index in [4.69, 9.17) is 15.9 Å². The third-order valence-corrected chi connectivity index (χ3v) is 2.65. The van der Waals surface area contributed by atoms with Gasteiger partial charge in [-0.3, -0.25) is 0 Å². The molecule has 0 bridgehead atoms. The molecule has 0 saturated heterocycles. The highest BCUT2D eigenvalue weighted by Gasteiger charge is 2.34. The second kappa shape index (κ2) is 3.92. The molecule has 9 heteroatoms. The Balaban J connectivity index is 3.53. The Labute approximate surface area is 92.7 Å². The SMILES string of the molecule is N#Cc1cc(C(F)(F)F)nc(S(=O)(=O)Cl)c1. The molecule has 1 rings (SSSR count). The highest BCUT2D eigenvalue weighted by Crippen LogP contribution is 2.29. The summed E-state index contributed by atoms with van der Waals surface area (Å²) in [4.78, 5) is 2.83. The van der Waals surface area contributed by atoms with Crippen LogP contribution in [0.5, 0.6) is 0 Å². The minimum atomic E-state index is -4.84. The van der Waals surface area contributed by atoms with Crippen LogP contribution in [-0.4, -0.2) is 13.4 Å². The fourth-order valence-corrected chi connectivity index (χ4v) is 1.55. The summed E-state index contributed by atoms with van der Waals surface area (Å²) in [6.45, 7) is 0. The maximum absolute atomic E-state index is 12.3. The van der Waals surface area contributed by atoms with Gasteiger partial charge in [-0.05, 0) is 12.1 Å². The van der Waals surface area contributed by atoms with Crippen molar-refractivity contribution in [3.05, 3.63) is 23.4 Å². The third-order valence-electron chi connectivity index (χ3n) is 1.47. The molecule has 0 aliphatic rings. The van der Waals surface area contributed by atoms with Crippen LogP contribution in [0.25, 0.3) is 0 Å². The maximum atomic E-state index is 12.3. The molecular formula is C7H2ClF3N2O2S. The van der Waals surface area contributed by atoms with Crippen molar-refractivity contribution in [3.63, 3.8) is 0 Å². The molecule has 1 aromatic heterocycles. The fourth-order valence-electron chi connectivity index (χ4n) is 0.840. The van der Waals surface area contributed by atoms with Crippen LogP contribution in [-0.2, 0) is 15.2 Å². The quantitative estimate of drug-likeness (QED) is 0.731. The van der Waals surface area contributed by atoms with E-state index in [1.54, 1.807) is 0 Å². The highest BCUT2D eigenvalue weighted by molar-refractivity contribution is 8.13. The van der Waals surface area contributed by atoms with Crippen molar-refractivity contribution in [2.24, 2.45) is 0 Å². The molecule has 0 aliphatic carbocycles. The van der Waals surface area contributed by atoms with Gasteiger partial charge in [-0.1, -0.05) is 0 Å². The second-order valence-corrected chi connectivity index (χ2v) is 5.14. The number of alkyl halides is 3. The minimum absolute atomic E-state index is 0.436. The van der Waals surface area contributed by atoms with Crippen molar-refractivity contribution in [2.45, 2.75) is 11.2 Å². The number of aromatic nitrogens is 1. The van der Waals surface area contributed by atoms with Gasteiger partial charge in [-0.25, -0.2) is 13.4 Å². The van der Waals surface area contributed by atoms with E-state index >= 15 is 0 Å². The molecule has 0 amide bonds. The van der Waals surface area contributed by atoms with Gasteiger partial charge in [0.15, 0.2) is 5.03 Å². The van der Waals surface area contributed by atoms with E-state index < -0.39 is 31.5 Å². The predicted molar refractivity (Wildman–Crippen MR) is 47.0 cm³/mol. The van der Waals surface area contributed by atoms with Gasteiger partial charge in [0, 0.05) is 10.7 Å². The highest BCUT2D eigenvalue weighted by atomic mass is 35.7. The maximum Gasteiger partial charge on any atom is 0.433 e. The molecule has 0 aliphatic heterocycles. The second-order valence-electron chi connectivity index (χ2n) is 2.63. The molecule has 1 heterocycles. The van der Waals surface area contributed by atoms with Crippen molar-refractivity contribution in [2.75, 3.05) is 0 Å². The van der Waals surface area contributed by atoms with Crippen molar-refractivity contribution in [1.82, 2.24) is 4.98 Å². The van der Waals surface area contributed by atoms with Gasteiger partial charge in [-0.2, -0.15) is 18.4 Å². The van der Waals surface area contributed by atoms with E-state index in [0.717, 1.165) is 0 Å². The van der Waals surface area contributed by atoms with Crippen LogP contribution in [0.2, 0.25) is 0 Å². The summed E-state index contributed by atoms with van der Waals surface area (Å²) >= 11 is 0. The summed E-state index contributed by atoms with van der Waals surface area (Å²) in [5.74, 6) is 0. The van der Waals surface area contributed by atoms with Gasteiger partial charge in [0.1, 0.15) is 5.69 Å². The summed E-state index contributed by atoms with van der Waals surface area (Å²) < 4.78 is 58.4. The van der Waals surface area contributed by atoms with Crippen LogP contribution >= 0.6 is 10.7 Å². The first kappa shape index (κ1) is 12.7. The molecule has 0 unspecified atom stereocenters. The zero-order valence-electron chi connectivity index (χ0n) is 7.29. The molecular weight excluding hydrogens is 269 g/mol. The van der Waals surface area contributed by atoms with Crippen LogP contribution in [0.3, 0.4) is 0 Å². The standard InChI is InChI=1S/C7H2ClF3N2O2S/c8-16(14,15)6-2-4(3-12)1-5(13-6)7(9,10)11/h1-2H. The Bertz CT molecular complexity index is 562. The first-order valence-electron chi connectivity index (χ1n) is 3.58. The summed E-state index contributed by atoms with van der Waals surface area (Å²) in [6, 6.07) is 2.49. The molecule has 86 valence electrons. The summed E-state index contributed by atoms with van der Waals surface area (Å²) in [5, 5.41) is 7.44. The molecule has 0 saturated carbocycles. The third kappa shape index (κ3) is 2.84. The Kier molecular flexibility index (Phi) is 3.12. The number of halogens is 4. The Hall–Kier alpha value is -1.33. The van der Waals surface area contributed by atoms with E-state index in [-0.39, 0.29) is 0 Å². The first-order valence-corrected chi connectivity index (χ1v) is 5.89. The van der Waals surface area contributed by atoms with Crippen molar-refractivity contribution >= 4 is 19.7 Å². The number of hydrogen-bond acceptors (Lipinski definition) is 4. The lowest BCUT2D eigenvalue weighted by Gasteiger charge is -2.06. The molecule has 0 radical (unpaired) electrons. The van der Waals surface area contributed by atoms with Crippen LogP contribution < -0.4 is 0 Å². The van der Waals surface area contributed by atoms with Gasteiger partial charge in [0.05, 0.1) is 11.6 Å². The Morgan fingerprint density at radius 2 is 1.94 bits per heavy atom. The van der Waals surface area contributed by atoms with Gasteiger partial charge in [0.25, 0.3) is 9.05 Å². The smallest absolute Gasteiger partial charge is 0.230 e. The van der Waals surface area contributed by atoms with Gasteiger partial charge >= 0.3 is 6.18 Å². The summed E-state index contributed by atoms with van der Waals surface area (Å²) in [5.41, 5.74) is -1.97. The topological polar surface area (TPSA) is 70.8 Å². The predicted octanol–water partition coefficient (Wildman–Crippen LogP) is 1.90. The molecule has 0 aromatic carbocycles. The normalized spacial score (nSPS) is 12.2. The zero-order chi connectivity index (χ0) is 12.6. The van der Waals surface area contributed by atoms with Crippen LogP contribution in [0.1, 0.15) is 11.3 Å². The van der Waals surface area contributed by atoms with Crippen molar-refractivity contribution in [1.29, 1.82) is 5.26 Å². The number of nitriles is 1. The van der Waals surface area contributed by atoms with E-state index in [1.165, 1.54) is 6.07 Å². The van der Waals surface area contributed by atoms with Crippen molar-refractivity contribution in [3.8, 4) is 6.07 Å². The fraction of sp³-hybridized carbons (Fsp3) is 0.143. The lowest BCUT2D eigenvalue weighted by atomic mass is 10.2. The molecule has 16 heavy (non-hydrogen) atoms. The molecule has 4 nitrogen and oxygen atoms in total. The Morgan fingerprint density at radius 3 is 2.31 bits per heavy atom. The number of pyridine rings is 1. The number of nitrogens with zero attached hydrogens (tertiary/aromatic N) is 2. The van der Waals surface area contributed by atoms with Gasteiger partial charge in [-0.15, -0.1) is 0 Å². The van der Waals surface area contributed by atoms with Gasteiger partial charge < -0.3 is 0 Å². The lowest BCUT2D eigenvalue weighted by molar-refractivity contribution is -0.141. The molecule has 0 fully saturated rings. The number of rotatable bonds is 1. The largest absolute Gasteiger partial charge is 0.433 e. The van der Waals surface area contributed by atoms with E-state index in [9.17, 15) is 21.6 Å². The minimum Gasteiger partial charge on any atom is -0.230 e. The van der Waals surface area contributed by atoms with E-state index in [2.05, 4.69) is 4.98 Å². The van der Waals surface area contributed by atoms with Crippen molar-refractivity contribution < 1.29 is 21.6 Å². The van der Waals surface area contributed by atoms with Gasteiger partial charge in [0.2, 0.25) is 0 Å². The van der Waals surface area contributed by atoms with Crippen LogP contribution in [0.15, 0.2) is 17.2 Å². The molecule has 0 spiro atoms. The van der Waals surface area contributed by atoms with Crippen LogP contribution in [0.4, 0.5) is 13.2 Å². The molecule has 0 atom stereocenters. The number of hydrogen-bond donors (Lipinski definition) is 0. The average molecular weight is 271 g/mol.